The summed E-state index contributed by atoms with van der Waals surface area (Å²) in [4.78, 5) is 4.15. The average Bonchev–Trinajstić information content (AvgIpc) is 2.38. The molecule has 0 unspecified atom stereocenters. The Kier molecular flexibility index (Phi) is 4.70. The first-order valence-electron chi connectivity index (χ1n) is 5.57. The number of nitrogens with one attached hydrogen (secondary N) is 1. The molecule has 0 saturated carbocycles. The third-order valence-corrected chi connectivity index (χ3v) is 3.70. The van der Waals surface area contributed by atoms with Crippen LogP contribution >= 0.6 is 31.9 Å². The first-order chi connectivity index (χ1) is 9.36. The molecule has 2 nitrogen and oxygen atoms in total. The van der Waals surface area contributed by atoms with Crippen LogP contribution in [0.25, 0.3) is 0 Å². The van der Waals surface area contributed by atoms with Crippen LogP contribution in [0.1, 0.15) is 11.3 Å². The molecule has 0 aliphatic rings. The van der Waals surface area contributed by atoms with Crippen LogP contribution in [0.4, 0.5) is 18.9 Å². The van der Waals surface area contributed by atoms with Crippen LogP contribution in [-0.2, 0) is 12.7 Å². The number of rotatable bonds is 3. The normalized spacial score (nSPS) is 11.4. The first kappa shape index (κ1) is 15.3. The van der Waals surface area contributed by atoms with E-state index < -0.39 is 11.7 Å². The second-order valence-corrected chi connectivity index (χ2v) is 5.78. The molecule has 0 aliphatic heterocycles. The lowest BCUT2D eigenvalue weighted by atomic mass is 10.2. The van der Waals surface area contributed by atoms with Crippen molar-refractivity contribution in [2.24, 2.45) is 0 Å². The lowest BCUT2D eigenvalue weighted by Gasteiger charge is -2.12. The van der Waals surface area contributed by atoms with Gasteiger partial charge in [-0.1, -0.05) is 0 Å². The minimum Gasteiger partial charge on any atom is -0.378 e. The van der Waals surface area contributed by atoms with Crippen molar-refractivity contribution in [1.82, 2.24) is 4.98 Å². The van der Waals surface area contributed by atoms with Crippen molar-refractivity contribution >= 4 is 37.5 Å². The van der Waals surface area contributed by atoms with Gasteiger partial charge in [0.1, 0.15) is 0 Å². The third-order valence-electron chi connectivity index (χ3n) is 2.54. The minimum atomic E-state index is -4.35. The molecule has 0 radical (unpaired) electrons. The van der Waals surface area contributed by atoms with E-state index in [-0.39, 0.29) is 0 Å². The number of pyridine rings is 1. The standard InChI is InChI=1S/C13H9Br2F3N2/c14-9-2-3-10(19-6-9)7-20-12-5-8(13(16,17)18)1-4-11(12)15/h1-6,20H,7H2. The molecule has 1 heterocycles. The van der Waals surface area contributed by atoms with E-state index in [0.717, 1.165) is 22.3 Å². The van der Waals surface area contributed by atoms with Gasteiger partial charge in [0.15, 0.2) is 0 Å². The van der Waals surface area contributed by atoms with E-state index in [1.165, 1.54) is 6.07 Å². The lowest BCUT2D eigenvalue weighted by Crippen LogP contribution is -2.07. The number of halogens is 5. The number of hydrogen-bond acceptors (Lipinski definition) is 2. The molecule has 2 rings (SSSR count). The molecule has 0 aliphatic carbocycles. The third kappa shape index (κ3) is 3.96. The number of alkyl halides is 3. The maximum absolute atomic E-state index is 12.6. The van der Waals surface area contributed by atoms with Crippen molar-refractivity contribution in [3.63, 3.8) is 0 Å². The molecule has 1 aromatic carbocycles. The van der Waals surface area contributed by atoms with Crippen molar-refractivity contribution < 1.29 is 13.2 Å². The van der Waals surface area contributed by atoms with E-state index in [2.05, 4.69) is 42.2 Å². The molecule has 2 aromatic rings. The monoisotopic (exact) mass is 408 g/mol. The molecule has 0 spiro atoms. The van der Waals surface area contributed by atoms with Crippen LogP contribution in [0.5, 0.6) is 0 Å². The van der Waals surface area contributed by atoms with Crippen LogP contribution in [0.2, 0.25) is 0 Å². The highest BCUT2D eigenvalue weighted by Gasteiger charge is 2.30. The fraction of sp³-hybridized carbons (Fsp3) is 0.154. The molecule has 1 aromatic heterocycles. The molecule has 0 saturated heterocycles. The summed E-state index contributed by atoms with van der Waals surface area (Å²) in [7, 11) is 0. The molecule has 0 amide bonds. The number of anilines is 1. The predicted molar refractivity (Wildman–Crippen MR) is 78.4 cm³/mol. The average molecular weight is 410 g/mol. The van der Waals surface area contributed by atoms with E-state index in [9.17, 15) is 13.2 Å². The summed E-state index contributed by atoms with van der Waals surface area (Å²) in [5.41, 5.74) is 0.425. The molecule has 1 N–H and O–H groups in total. The first-order valence-corrected chi connectivity index (χ1v) is 7.16. The summed E-state index contributed by atoms with van der Waals surface area (Å²) in [6, 6.07) is 7.10. The zero-order chi connectivity index (χ0) is 14.8. The topological polar surface area (TPSA) is 24.9 Å². The van der Waals surface area contributed by atoms with Crippen molar-refractivity contribution in [2.75, 3.05) is 5.32 Å². The Morgan fingerprint density at radius 2 is 1.85 bits per heavy atom. The number of hydrogen-bond donors (Lipinski definition) is 1. The molecule has 7 heteroatoms. The smallest absolute Gasteiger partial charge is 0.378 e. The van der Waals surface area contributed by atoms with Crippen LogP contribution in [0.15, 0.2) is 45.5 Å². The highest BCUT2D eigenvalue weighted by Crippen LogP contribution is 2.34. The molecule has 0 atom stereocenters. The van der Waals surface area contributed by atoms with Gasteiger partial charge < -0.3 is 5.32 Å². The summed E-state index contributed by atoms with van der Waals surface area (Å²) in [5.74, 6) is 0. The summed E-state index contributed by atoms with van der Waals surface area (Å²) in [6.45, 7) is 0.340. The van der Waals surface area contributed by atoms with Crippen LogP contribution in [0, 0.1) is 0 Å². The maximum atomic E-state index is 12.6. The van der Waals surface area contributed by atoms with Crippen LogP contribution < -0.4 is 5.32 Å². The van der Waals surface area contributed by atoms with Gasteiger partial charge in [0.2, 0.25) is 0 Å². The summed E-state index contributed by atoms with van der Waals surface area (Å²) >= 11 is 6.49. The zero-order valence-corrected chi connectivity index (χ0v) is 13.2. The summed E-state index contributed by atoms with van der Waals surface area (Å²) in [6.07, 6.45) is -2.72. The van der Waals surface area contributed by atoms with Crippen molar-refractivity contribution in [3.05, 3.63) is 56.7 Å². The molecular weight excluding hydrogens is 401 g/mol. The van der Waals surface area contributed by atoms with Gasteiger partial charge in [-0.05, 0) is 62.2 Å². The van der Waals surface area contributed by atoms with E-state index >= 15 is 0 Å². The Morgan fingerprint density at radius 1 is 1.10 bits per heavy atom. The molecular formula is C13H9Br2F3N2. The van der Waals surface area contributed by atoms with Crippen molar-refractivity contribution in [3.8, 4) is 0 Å². The number of benzene rings is 1. The SMILES string of the molecule is FC(F)(F)c1ccc(Br)c(NCc2ccc(Br)cn2)c1. The molecule has 106 valence electrons. The van der Waals surface area contributed by atoms with E-state index in [1.807, 2.05) is 6.07 Å². The second-order valence-electron chi connectivity index (χ2n) is 4.01. The fourth-order valence-corrected chi connectivity index (χ4v) is 2.16. The Labute approximate surface area is 130 Å². The van der Waals surface area contributed by atoms with Gasteiger partial charge in [-0.2, -0.15) is 13.2 Å². The largest absolute Gasteiger partial charge is 0.416 e. The van der Waals surface area contributed by atoms with Crippen molar-refractivity contribution in [2.45, 2.75) is 12.7 Å². The van der Waals surface area contributed by atoms with Crippen molar-refractivity contribution in [1.29, 1.82) is 0 Å². The Hall–Kier alpha value is -1.08. The van der Waals surface area contributed by atoms with Gasteiger partial charge in [0, 0.05) is 20.8 Å². The van der Waals surface area contributed by atoms with E-state index in [0.29, 0.717) is 16.7 Å². The Morgan fingerprint density at radius 3 is 2.45 bits per heavy atom. The predicted octanol–water partition coefficient (Wildman–Crippen LogP) is 5.24. The van der Waals surface area contributed by atoms with Gasteiger partial charge in [-0.3, -0.25) is 4.98 Å². The van der Waals surface area contributed by atoms with E-state index in [1.54, 1.807) is 12.3 Å². The van der Waals surface area contributed by atoms with Crippen LogP contribution in [-0.4, -0.2) is 4.98 Å². The van der Waals surface area contributed by atoms with Gasteiger partial charge in [-0.25, -0.2) is 0 Å². The fourth-order valence-electron chi connectivity index (χ4n) is 1.53. The Balaban J connectivity index is 2.14. The lowest BCUT2D eigenvalue weighted by molar-refractivity contribution is -0.137. The van der Waals surface area contributed by atoms with Gasteiger partial charge in [0.05, 0.1) is 17.8 Å². The number of aromatic nitrogens is 1. The highest BCUT2D eigenvalue weighted by atomic mass is 79.9. The van der Waals surface area contributed by atoms with Gasteiger partial charge >= 0.3 is 6.18 Å². The van der Waals surface area contributed by atoms with Gasteiger partial charge in [0.25, 0.3) is 0 Å². The Bertz CT molecular complexity index is 598. The molecule has 0 fully saturated rings. The summed E-state index contributed by atoms with van der Waals surface area (Å²) < 4.78 is 39.4. The zero-order valence-electron chi connectivity index (χ0n) is 10.0. The van der Waals surface area contributed by atoms with E-state index in [4.69, 9.17) is 0 Å². The molecule has 20 heavy (non-hydrogen) atoms. The second kappa shape index (κ2) is 6.13. The molecule has 0 bridgehead atoms. The minimum absolute atomic E-state index is 0.340. The number of nitrogens with zero attached hydrogens (tertiary/aromatic N) is 1. The summed E-state index contributed by atoms with van der Waals surface area (Å²) in [5, 5.41) is 2.94. The van der Waals surface area contributed by atoms with Crippen LogP contribution in [0.3, 0.4) is 0 Å². The quantitative estimate of drug-likeness (QED) is 0.749. The maximum Gasteiger partial charge on any atom is 0.416 e. The van der Waals surface area contributed by atoms with Gasteiger partial charge in [-0.15, -0.1) is 0 Å². The highest BCUT2D eigenvalue weighted by molar-refractivity contribution is 9.10.